The van der Waals surface area contributed by atoms with E-state index in [2.05, 4.69) is 10.3 Å². The van der Waals surface area contributed by atoms with Gasteiger partial charge in [0, 0.05) is 22.4 Å². The van der Waals surface area contributed by atoms with Gasteiger partial charge >= 0.3 is 0 Å². The number of rotatable bonds is 8. The monoisotopic (exact) mass is 452 g/mol. The molecule has 1 atom stereocenters. The van der Waals surface area contributed by atoms with Crippen LogP contribution in [0.25, 0.3) is 11.5 Å². The molecule has 4 aromatic rings. The van der Waals surface area contributed by atoms with Crippen LogP contribution < -0.4 is 16.1 Å². The van der Waals surface area contributed by atoms with Gasteiger partial charge in [0.05, 0.1) is 6.61 Å². The second kappa shape index (κ2) is 9.52. The van der Waals surface area contributed by atoms with Crippen molar-refractivity contribution in [2.45, 2.75) is 13.5 Å². The molecule has 3 aromatic carbocycles. The lowest BCUT2D eigenvalue weighted by molar-refractivity contribution is 0.347. The molecule has 1 aromatic heterocycles. The van der Waals surface area contributed by atoms with Crippen molar-refractivity contribution in [1.82, 2.24) is 4.98 Å². The minimum absolute atomic E-state index is 0.265. The van der Waals surface area contributed by atoms with E-state index in [1.165, 1.54) is 0 Å². The van der Waals surface area contributed by atoms with E-state index in [0.717, 1.165) is 11.1 Å². The van der Waals surface area contributed by atoms with E-state index < -0.39 is 7.37 Å². The number of halogens is 1. The normalized spacial score (nSPS) is 13.0. The Morgan fingerprint density at radius 3 is 2.26 bits per heavy atom. The van der Waals surface area contributed by atoms with Crippen molar-refractivity contribution in [2.75, 3.05) is 11.9 Å². The van der Waals surface area contributed by atoms with Gasteiger partial charge in [-0.1, -0.05) is 60.1 Å². The lowest BCUT2D eigenvalue weighted by atomic mass is 10.2. The first-order valence-corrected chi connectivity index (χ1v) is 12.0. The minimum Gasteiger partial charge on any atom is -0.420 e. The molecular weight excluding hydrogens is 431 g/mol. The molecule has 7 heteroatoms. The lowest BCUT2D eigenvalue weighted by Gasteiger charge is -2.17. The molecule has 31 heavy (non-hydrogen) atoms. The van der Waals surface area contributed by atoms with Gasteiger partial charge in [0.25, 0.3) is 7.37 Å². The first-order chi connectivity index (χ1) is 15.1. The maximum absolute atomic E-state index is 14.1. The predicted molar refractivity (Wildman–Crippen MR) is 126 cm³/mol. The molecule has 1 N–H and O–H groups in total. The summed E-state index contributed by atoms with van der Waals surface area (Å²) in [6.07, 6.45) is 0. The first-order valence-electron chi connectivity index (χ1n) is 9.95. The molecule has 4 rings (SSSR count). The summed E-state index contributed by atoms with van der Waals surface area (Å²) in [6, 6.07) is 26.1. The largest absolute Gasteiger partial charge is 0.420 e. The number of oxazole rings is 1. The van der Waals surface area contributed by atoms with Gasteiger partial charge in [-0.2, -0.15) is 0 Å². The number of hydrogen-bond acceptors (Lipinski definition) is 5. The number of hydrogen-bond donors (Lipinski definition) is 1. The van der Waals surface area contributed by atoms with Crippen LogP contribution in [0.1, 0.15) is 12.5 Å². The molecule has 5 nitrogen and oxygen atoms in total. The summed E-state index contributed by atoms with van der Waals surface area (Å²) in [6.45, 7) is 2.57. The van der Waals surface area contributed by atoms with Gasteiger partial charge in [-0.25, -0.2) is 4.98 Å². The van der Waals surface area contributed by atoms with Crippen molar-refractivity contribution < 1.29 is 13.5 Å². The standard InChI is InChI=1S/C24H22ClN2O3P/c1-2-29-31(28,21-11-7-4-8-12-21)24-23(26-17-18-9-5-3-6-10-18)30-22(27-24)19-13-15-20(25)16-14-19/h3-16,26H,2,17H2,1H3/t31-/m0/s1. The van der Waals surface area contributed by atoms with Crippen LogP contribution in [0.4, 0.5) is 5.88 Å². The summed E-state index contributed by atoms with van der Waals surface area (Å²) in [4.78, 5) is 4.63. The fourth-order valence-electron chi connectivity index (χ4n) is 3.18. The van der Waals surface area contributed by atoms with Crippen LogP contribution in [-0.4, -0.2) is 11.6 Å². The van der Waals surface area contributed by atoms with Crippen molar-refractivity contribution in [3.05, 3.63) is 95.5 Å². The summed E-state index contributed by atoms with van der Waals surface area (Å²) < 4.78 is 26.0. The first kappa shape index (κ1) is 21.4. The summed E-state index contributed by atoms with van der Waals surface area (Å²) in [5.41, 5.74) is 2.06. The van der Waals surface area contributed by atoms with E-state index in [9.17, 15) is 4.57 Å². The molecule has 0 saturated heterocycles. The highest BCUT2D eigenvalue weighted by atomic mass is 35.5. The van der Waals surface area contributed by atoms with Gasteiger partial charge in [0.15, 0.2) is 5.44 Å². The van der Waals surface area contributed by atoms with Gasteiger partial charge in [-0.05, 0) is 48.9 Å². The second-order valence-corrected chi connectivity index (χ2v) is 9.56. The fraction of sp³-hybridized carbons (Fsp3) is 0.125. The molecule has 0 aliphatic heterocycles. The molecule has 0 bridgehead atoms. The number of nitrogens with zero attached hydrogens (tertiary/aromatic N) is 1. The van der Waals surface area contributed by atoms with E-state index in [1.54, 1.807) is 24.3 Å². The average Bonchev–Trinajstić information content (AvgIpc) is 3.24. The Kier molecular flexibility index (Phi) is 6.57. The van der Waals surface area contributed by atoms with Gasteiger partial charge in [-0.3, -0.25) is 4.57 Å². The van der Waals surface area contributed by atoms with Crippen LogP contribution >= 0.6 is 19.0 Å². The Labute approximate surface area is 186 Å². The Bertz CT molecular complexity index is 1180. The summed E-state index contributed by atoms with van der Waals surface area (Å²) >= 11 is 6.02. The van der Waals surface area contributed by atoms with E-state index in [4.69, 9.17) is 20.5 Å². The van der Waals surface area contributed by atoms with Crippen molar-refractivity contribution in [1.29, 1.82) is 0 Å². The van der Waals surface area contributed by atoms with Crippen LogP contribution in [0.5, 0.6) is 0 Å². The van der Waals surface area contributed by atoms with Crippen molar-refractivity contribution in [2.24, 2.45) is 0 Å². The van der Waals surface area contributed by atoms with Crippen LogP contribution in [0.3, 0.4) is 0 Å². The Morgan fingerprint density at radius 2 is 1.61 bits per heavy atom. The van der Waals surface area contributed by atoms with Gasteiger partial charge in [-0.15, -0.1) is 0 Å². The SMILES string of the molecule is CCO[P@@](=O)(c1ccccc1)c1nc(-c2ccc(Cl)cc2)oc1NCc1ccccc1. The summed E-state index contributed by atoms with van der Waals surface area (Å²) in [5.74, 6) is 0.674. The van der Waals surface area contributed by atoms with Crippen LogP contribution in [0.15, 0.2) is 89.3 Å². The quantitative estimate of drug-likeness (QED) is 0.338. The van der Waals surface area contributed by atoms with Crippen LogP contribution in [0, 0.1) is 0 Å². The fourth-order valence-corrected chi connectivity index (χ4v) is 5.37. The number of aromatic nitrogens is 1. The highest BCUT2D eigenvalue weighted by Gasteiger charge is 2.36. The van der Waals surface area contributed by atoms with Crippen LogP contribution in [-0.2, 0) is 15.6 Å². The molecule has 0 aliphatic carbocycles. The Balaban J connectivity index is 1.79. The molecule has 0 amide bonds. The Morgan fingerprint density at radius 1 is 0.968 bits per heavy atom. The number of benzene rings is 3. The summed E-state index contributed by atoms with van der Waals surface area (Å²) in [5, 5.41) is 4.44. The molecular formula is C24H22ClN2O3P. The zero-order valence-corrected chi connectivity index (χ0v) is 18.6. The van der Waals surface area contributed by atoms with Crippen LogP contribution in [0.2, 0.25) is 5.02 Å². The smallest absolute Gasteiger partial charge is 0.284 e. The molecule has 0 fully saturated rings. The molecule has 0 radical (unpaired) electrons. The third-order valence-corrected chi connectivity index (χ3v) is 7.39. The molecule has 158 valence electrons. The molecule has 0 aliphatic rings. The zero-order chi connectivity index (χ0) is 21.7. The van der Waals surface area contributed by atoms with Crippen molar-refractivity contribution in [3.63, 3.8) is 0 Å². The number of anilines is 1. The number of nitrogens with one attached hydrogen (secondary N) is 1. The maximum atomic E-state index is 14.1. The van der Waals surface area contributed by atoms with Gasteiger partial charge in [0.2, 0.25) is 11.8 Å². The van der Waals surface area contributed by atoms with E-state index in [-0.39, 0.29) is 12.0 Å². The predicted octanol–water partition coefficient (Wildman–Crippen LogP) is 5.87. The minimum atomic E-state index is -3.49. The topological polar surface area (TPSA) is 64.4 Å². The maximum Gasteiger partial charge on any atom is 0.284 e. The average molecular weight is 453 g/mol. The Hall–Kier alpha value is -2.85. The molecule has 0 unspecified atom stereocenters. The third kappa shape index (κ3) is 4.75. The highest BCUT2D eigenvalue weighted by molar-refractivity contribution is 7.74. The van der Waals surface area contributed by atoms with Gasteiger partial charge < -0.3 is 14.3 Å². The zero-order valence-electron chi connectivity index (χ0n) is 17.0. The van der Waals surface area contributed by atoms with E-state index >= 15 is 0 Å². The summed E-state index contributed by atoms with van der Waals surface area (Å²) in [7, 11) is -3.49. The highest BCUT2D eigenvalue weighted by Crippen LogP contribution is 2.47. The second-order valence-electron chi connectivity index (χ2n) is 6.82. The molecule has 1 heterocycles. The molecule has 0 spiro atoms. The van der Waals surface area contributed by atoms with Crippen molar-refractivity contribution >= 4 is 35.6 Å². The van der Waals surface area contributed by atoms with E-state index in [1.807, 2.05) is 67.6 Å². The van der Waals surface area contributed by atoms with Crippen molar-refractivity contribution in [3.8, 4) is 11.5 Å². The third-order valence-electron chi connectivity index (χ3n) is 4.68. The van der Waals surface area contributed by atoms with Gasteiger partial charge in [0.1, 0.15) is 0 Å². The van der Waals surface area contributed by atoms with E-state index in [0.29, 0.717) is 28.6 Å². The lowest BCUT2D eigenvalue weighted by Crippen LogP contribution is -2.22. The molecule has 0 saturated carbocycles.